The van der Waals surface area contributed by atoms with E-state index in [-0.39, 0.29) is 7.43 Å². The van der Waals surface area contributed by atoms with Crippen LogP contribution in [-0.4, -0.2) is 49.2 Å². The van der Waals surface area contributed by atoms with Crippen LogP contribution in [0.15, 0.2) is 0 Å². The van der Waals surface area contributed by atoms with Gasteiger partial charge in [-0.25, -0.2) is 0 Å². The van der Waals surface area contributed by atoms with Gasteiger partial charge in [0.15, 0.2) is 0 Å². The maximum Gasteiger partial charge on any atom is 0.327 e. The molecular weight excluding hydrogens is 241 g/mol. The molecule has 0 atom stereocenters. The molecule has 0 radical (unpaired) electrons. The van der Waals surface area contributed by atoms with Gasteiger partial charge in [-0.3, -0.25) is 4.57 Å². The number of rotatable bonds is 2. The summed E-state index contributed by atoms with van der Waals surface area (Å²) in [5, 5.41) is 2.75. The minimum Gasteiger partial charge on any atom is -0.388 e. The van der Waals surface area contributed by atoms with Gasteiger partial charge in [0, 0.05) is 35.1 Å². The van der Waals surface area contributed by atoms with E-state index in [4.69, 9.17) is 0 Å². The smallest absolute Gasteiger partial charge is 0.327 e. The van der Waals surface area contributed by atoms with E-state index >= 15 is 0 Å². The zero-order valence-electron chi connectivity index (χ0n) is 12.3. The number of nitrogens with one attached hydrogen (secondary N) is 1. The minimum atomic E-state index is -2.65. The Labute approximate surface area is 109 Å². The lowest BCUT2D eigenvalue weighted by atomic mass is 10.6. The van der Waals surface area contributed by atoms with Crippen molar-refractivity contribution < 1.29 is 18.3 Å². The average molecular weight is 275 g/mol. The van der Waals surface area contributed by atoms with E-state index in [0.717, 1.165) is 0 Å². The van der Waals surface area contributed by atoms with Crippen LogP contribution in [-0.2, 0) is 18.3 Å². The molecule has 17 heavy (non-hydrogen) atoms. The monoisotopic (exact) mass is 275 g/mol. The van der Waals surface area contributed by atoms with E-state index in [9.17, 15) is 4.57 Å². The molecule has 0 saturated heterocycles. The number of methoxy groups -OCH3 is 1. The van der Waals surface area contributed by atoms with Gasteiger partial charge >= 0.3 is 7.60 Å². The second kappa shape index (κ2) is 29.8. The van der Waals surface area contributed by atoms with E-state index in [0.29, 0.717) is 0 Å². The number of hydrogen-bond acceptors (Lipinski definition) is 5. The first-order valence-corrected chi connectivity index (χ1v) is 7.03. The molecule has 0 fully saturated rings. The third kappa shape index (κ3) is 86.3. The van der Waals surface area contributed by atoms with Crippen LogP contribution in [0.4, 0.5) is 0 Å². The van der Waals surface area contributed by atoms with Crippen molar-refractivity contribution in [3.05, 3.63) is 0 Å². The third-order valence-corrected chi connectivity index (χ3v) is 1.99. The largest absolute Gasteiger partial charge is 0.388 e. The Morgan fingerprint density at radius 2 is 1.12 bits per heavy atom. The average Bonchev–Trinajstić information content (AvgIpc) is 2.21. The summed E-state index contributed by atoms with van der Waals surface area (Å²) in [5.74, 6) is 0. The van der Waals surface area contributed by atoms with E-state index < -0.39 is 7.60 Å². The Balaban J connectivity index is -0.0000000411. The summed E-state index contributed by atoms with van der Waals surface area (Å²) in [6, 6.07) is 0. The molecule has 0 rings (SSSR count). The molecule has 0 spiro atoms. The molecular formula is C11H34NO4P. The molecule has 5 nitrogen and oxygen atoms in total. The molecule has 0 aliphatic heterocycles. The van der Waals surface area contributed by atoms with Crippen molar-refractivity contribution in [3.8, 4) is 0 Å². The first-order chi connectivity index (χ1) is 7.36. The Hall–Kier alpha value is 0.0700. The molecule has 0 aliphatic rings. The van der Waals surface area contributed by atoms with Crippen molar-refractivity contribution in [1.29, 1.82) is 0 Å². The summed E-state index contributed by atoms with van der Waals surface area (Å²) >= 11 is 0. The predicted octanol–water partition coefficient (Wildman–Crippen LogP) is 3.25. The van der Waals surface area contributed by atoms with Crippen LogP contribution in [0.1, 0.15) is 27.7 Å². The summed E-state index contributed by atoms with van der Waals surface area (Å²) in [6.07, 6.45) is 1.25. The molecule has 0 aromatic rings. The van der Waals surface area contributed by atoms with Crippen molar-refractivity contribution in [3.63, 3.8) is 0 Å². The summed E-state index contributed by atoms with van der Waals surface area (Å²) in [6.45, 7) is 5.66. The fourth-order valence-corrected chi connectivity index (χ4v) is 0.224. The first-order valence-electron chi connectivity index (χ1n) is 5.04. The van der Waals surface area contributed by atoms with Crippen LogP contribution in [0, 0.1) is 0 Å². The molecule has 6 heteroatoms. The van der Waals surface area contributed by atoms with Gasteiger partial charge in [-0.05, 0) is 14.1 Å². The molecule has 0 unspecified atom stereocenters. The highest BCUT2D eigenvalue weighted by Crippen LogP contribution is 2.40. The second-order valence-electron chi connectivity index (χ2n) is 2.75. The quantitative estimate of drug-likeness (QED) is 0.784. The lowest BCUT2D eigenvalue weighted by Crippen LogP contribution is -1.89. The van der Waals surface area contributed by atoms with Gasteiger partial charge in [0.05, 0.1) is 0 Å². The van der Waals surface area contributed by atoms with Crippen molar-refractivity contribution in [2.75, 3.05) is 49.2 Å². The highest BCUT2D eigenvalue weighted by molar-refractivity contribution is 7.52. The molecule has 0 saturated carbocycles. The normalized spacial score (nSPS) is 8.06. The fraction of sp³-hybridized carbons (Fsp3) is 1.00. The Morgan fingerprint density at radius 3 is 1.12 bits per heavy atom. The van der Waals surface area contributed by atoms with E-state index in [2.05, 4.69) is 32.9 Å². The zero-order chi connectivity index (χ0) is 14.0. The highest BCUT2D eigenvalue weighted by Gasteiger charge is 2.08. The lowest BCUT2D eigenvalue weighted by molar-refractivity contribution is 0.277. The molecule has 0 amide bonds. The Morgan fingerprint density at radius 1 is 1.00 bits per heavy atom. The van der Waals surface area contributed by atoms with Crippen LogP contribution in [0.3, 0.4) is 0 Å². The summed E-state index contributed by atoms with van der Waals surface area (Å²) in [7, 11) is 7.05. The molecule has 1 N–H and O–H groups in total. The van der Waals surface area contributed by atoms with E-state index in [1.807, 2.05) is 14.1 Å². The topological polar surface area (TPSA) is 56.8 Å². The maximum absolute atomic E-state index is 10.5. The third-order valence-electron chi connectivity index (χ3n) is 0.663. The minimum absolute atomic E-state index is 0. The van der Waals surface area contributed by atoms with Gasteiger partial charge in [0.2, 0.25) is 0 Å². The summed E-state index contributed by atoms with van der Waals surface area (Å²) in [4.78, 5) is 0. The van der Waals surface area contributed by atoms with Gasteiger partial charge in [0.25, 0.3) is 0 Å². The zero-order valence-corrected chi connectivity index (χ0v) is 13.2. The first kappa shape index (κ1) is 30.3. The lowest BCUT2D eigenvalue weighted by Gasteiger charge is -2.04. The predicted molar refractivity (Wildman–Crippen MR) is 78.2 cm³/mol. The van der Waals surface area contributed by atoms with Gasteiger partial charge in [-0.2, -0.15) is 0 Å². The van der Waals surface area contributed by atoms with Gasteiger partial charge < -0.3 is 19.1 Å². The molecule has 0 heterocycles. The number of ether oxygens (including phenoxy) is 1. The van der Waals surface area contributed by atoms with Crippen molar-refractivity contribution >= 4 is 7.60 Å². The van der Waals surface area contributed by atoms with E-state index in [1.165, 1.54) is 27.3 Å². The van der Waals surface area contributed by atoms with Crippen LogP contribution < -0.4 is 5.32 Å². The molecule has 112 valence electrons. The van der Waals surface area contributed by atoms with Gasteiger partial charge in [0.1, 0.15) is 0 Å². The van der Waals surface area contributed by atoms with Crippen LogP contribution in [0.5, 0.6) is 0 Å². The second-order valence-corrected chi connectivity index (χ2v) is 5.02. The molecule has 0 aliphatic carbocycles. The summed E-state index contributed by atoms with van der Waals surface area (Å²) < 4.78 is 23.6. The SMILES string of the molecule is C.CCC.CNC.COC.COP(C)(=O)OC. The van der Waals surface area contributed by atoms with Crippen molar-refractivity contribution in [2.45, 2.75) is 27.7 Å². The highest BCUT2D eigenvalue weighted by atomic mass is 31.2. The van der Waals surface area contributed by atoms with Crippen molar-refractivity contribution in [2.24, 2.45) is 0 Å². The molecule has 0 bridgehead atoms. The summed E-state index contributed by atoms with van der Waals surface area (Å²) in [5.41, 5.74) is 0. The Bertz CT molecular complexity index is 122. The number of hydrogen-bond donors (Lipinski definition) is 1. The van der Waals surface area contributed by atoms with Crippen LogP contribution in [0.25, 0.3) is 0 Å². The van der Waals surface area contributed by atoms with Gasteiger partial charge in [-0.15, -0.1) is 0 Å². The molecule has 0 aromatic heterocycles. The standard InChI is InChI=1S/C3H9O3P.C3H8.C2H7N.C2H6O.CH4/c1-5-7(3,4)6-2;3*1-3-2;/h1-3H3;3H2,1-2H3;3H,1-2H3;1-2H3;1H4. The van der Waals surface area contributed by atoms with Crippen molar-refractivity contribution in [1.82, 2.24) is 5.32 Å². The Kier molecular flexibility index (Phi) is 53.0. The fourth-order valence-electron chi connectivity index (χ4n) is 0.0745. The molecule has 0 aromatic carbocycles. The maximum atomic E-state index is 10.5. The van der Waals surface area contributed by atoms with Gasteiger partial charge in [-0.1, -0.05) is 27.7 Å². The van der Waals surface area contributed by atoms with Crippen LogP contribution >= 0.6 is 7.60 Å². The van der Waals surface area contributed by atoms with E-state index in [1.54, 1.807) is 14.2 Å². The van der Waals surface area contributed by atoms with Crippen LogP contribution in [0.2, 0.25) is 0 Å².